The minimum Gasteiger partial charge on any atom is -0.478 e. The number of aromatic carboxylic acids is 1. The molecular formula is C45H61NO4S. The molecule has 0 aliphatic heterocycles. The molecular weight excluding hydrogens is 651 g/mol. The molecule has 4 fully saturated rings. The van der Waals surface area contributed by atoms with Crippen molar-refractivity contribution < 1.29 is 18.3 Å². The predicted octanol–water partition coefficient (Wildman–Crippen LogP) is 10.2. The third kappa shape index (κ3) is 5.63. The van der Waals surface area contributed by atoms with Gasteiger partial charge in [0.2, 0.25) is 0 Å². The van der Waals surface area contributed by atoms with Gasteiger partial charge in [0.25, 0.3) is 0 Å². The average Bonchev–Trinajstić information content (AvgIpc) is 3.45. The van der Waals surface area contributed by atoms with Crippen LogP contribution in [0.15, 0.2) is 71.7 Å². The first-order valence-electron chi connectivity index (χ1n) is 19.6. The number of hydrogen-bond acceptors (Lipinski definition) is 4. The molecule has 0 aromatic heterocycles. The highest BCUT2D eigenvalue weighted by Crippen LogP contribution is 2.77. The van der Waals surface area contributed by atoms with Crippen LogP contribution in [0.5, 0.6) is 0 Å². The van der Waals surface area contributed by atoms with E-state index in [1.807, 2.05) is 24.3 Å². The average molecular weight is 712 g/mol. The molecule has 0 unspecified atom stereocenters. The third-order valence-corrected chi connectivity index (χ3v) is 17.5. The fourth-order valence-electron chi connectivity index (χ4n) is 13.8. The number of rotatable bonds is 8. The number of carboxylic acids is 1. The lowest BCUT2D eigenvalue weighted by atomic mass is 9.32. The zero-order chi connectivity index (χ0) is 36.8. The number of benzene rings is 2. The summed E-state index contributed by atoms with van der Waals surface area (Å²) in [6.45, 7) is 21.6. The Balaban J connectivity index is 1.15. The number of allylic oxidation sites excluding steroid dienone is 3. The van der Waals surface area contributed by atoms with Gasteiger partial charge >= 0.3 is 5.97 Å². The van der Waals surface area contributed by atoms with E-state index >= 15 is 0 Å². The van der Waals surface area contributed by atoms with Gasteiger partial charge in [0.1, 0.15) is 0 Å². The molecule has 5 aliphatic rings. The van der Waals surface area contributed by atoms with Crippen molar-refractivity contribution in [3.8, 4) is 0 Å². The molecule has 51 heavy (non-hydrogen) atoms. The molecule has 4 saturated carbocycles. The molecule has 2 aromatic carbocycles. The molecule has 6 heteroatoms. The van der Waals surface area contributed by atoms with Crippen LogP contribution in [0, 0.1) is 56.7 Å². The monoisotopic (exact) mass is 711 g/mol. The fraction of sp³-hybridized carbons (Fsp3) is 0.622. The molecule has 2 aromatic rings. The highest BCUT2D eigenvalue weighted by atomic mass is 32.2. The van der Waals surface area contributed by atoms with E-state index in [9.17, 15) is 18.3 Å². The molecule has 0 bridgehead atoms. The summed E-state index contributed by atoms with van der Waals surface area (Å²) >= 11 is 0. The quantitative estimate of drug-likeness (QED) is 0.266. The van der Waals surface area contributed by atoms with Gasteiger partial charge in [-0.2, -0.15) is 0 Å². The Labute approximate surface area is 307 Å². The largest absolute Gasteiger partial charge is 0.478 e. The number of nitrogens with one attached hydrogen (secondary N) is 1. The topological polar surface area (TPSA) is 83.5 Å². The maximum atomic E-state index is 12.0. The van der Waals surface area contributed by atoms with Crippen molar-refractivity contribution >= 4 is 21.4 Å². The van der Waals surface area contributed by atoms with Gasteiger partial charge in [-0.15, -0.1) is 0 Å². The van der Waals surface area contributed by atoms with Gasteiger partial charge in [-0.1, -0.05) is 77.1 Å². The summed E-state index contributed by atoms with van der Waals surface area (Å²) < 4.78 is 24.0. The minimum atomic E-state index is -3.20. The first kappa shape index (κ1) is 36.6. The van der Waals surface area contributed by atoms with E-state index in [1.54, 1.807) is 24.3 Å². The van der Waals surface area contributed by atoms with Crippen LogP contribution in [0.4, 0.5) is 0 Å². The Morgan fingerprint density at radius 2 is 1.55 bits per heavy atom. The normalized spacial score (nSPS) is 38.4. The van der Waals surface area contributed by atoms with E-state index < -0.39 is 15.8 Å². The van der Waals surface area contributed by atoms with Crippen LogP contribution < -0.4 is 5.32 Å². The van der Waals surface area contributed by atoms with Crippen molar-refractivity contribution in [2.45, 2.75) is 111 Å². The van der Waals surface area contributed by atoms with Gasteiger partial charge in [-0.3, -0.25) is 0 Å². The van der Waals surface area contributed by atoms with Crippen molar-refractivity contribution in [1.29, 1.82) is 0 Å². The third-order valence-electron chi connectivity index (χ3n) is 16.4. The molecule has 5 nitrogen and oxygen atoms in total. The zero-order valence-electron chi connectivity index (χ0n) is 32.1. The summed E-state index contributed by atoms with van der Waals surface area (Å²) in [5, 5.41) is 13.4. The maximum Gasteiger partial charge on any atom is 0.335 e. The zero-order valence-corrected chi connectivity index (χ0v) is 33.0. The van der Waals surface area contributed by atoms with Gasteiger partial charge in [0.15, 0.2) is 9.84 Å². The Kier molecular flexibility index (Phi) is 8.94. The maximum absolute atomic E-state index is 12.0. The summed E-state index contributed by atoms with van der Waals surface area (Å²) in [5.74, 6) is 2.27. The van der Waals surface area contributed by atoms with E-state index in [-0.39, 0.29) is 27.1 Å². The summed E-state index contributed by atoms with van der Waals surface area (Å²) in [6, 6.07) is 15.0. The number of carboxylic acid groups (broad SMARTS) is 1. The van der Waals surface area contributed by atoms with Crippen molar-refractivity contribution in [2.75, 3.05) is 12.8 Å². The highest BCUT2D eigenvalue weighted by molar-refractivity contribution is 7.90. The van der Waals surface area contributed by atoms with E-state index in [1.165, 1.54) is 74.3 Å². The molecule has 0 heterocycles. The highest BCUT2D eigenvalue weighted by Gasteiger charge is 2.70. The lowest BCUT2D eigenvalue weighted by molar-refractivity contribution is -0.225. The summed E-state index contributed by atoms with van der Waals surface area (Å²) in [6.07, 6.45) is 15.1. The first-order valence-corrected chi connectivity index (χ1v) is 21.5. The Morgan fingerprint density at radius 1 is 0.863 bits per heavy atom. The number of hydrogen-bond donors (Lipinski definition) is 2. The second-order valence-electron chi connectivity index (χ2n) is 19.0. The Hall–Kier alpha value is -2.70. The predicted molar refractivity (Wildman–Crippen MR) is 207 cm³/mol. The lowest BCUT2D eigenvalue weighted by Crippen LogP contribution is -2.65. The summed E-state index contributed by atoms with van der Waals surface area (Å²) in [7, 11) is -3.20. The SMILES string of the molecule is C=C(C)[C@@H]1CC[C@]2(CNCc3ccc(S(C)(=O)=O)cc3)CC[C@]3(C)[C@H](CC[C@@H]4[C@@]5(C)CC=C(c6ccc(C(=O)O)cc6)C(C)(C)[C@@H]5CC[C@]43C)[C@@H]12. The van der Waals surface area contributed by atoms with Crippen LogP contribution in [0.2, 0.25) is 0 Å². The number of sulfone groups is 1. The first-order chi connectivity index (χ1) is 23.9. The van der Waals surface area contributed by atoms with Gasteiger partial charge in [-0.05, 0) is 162 Å². The van der Waals surface area contributed by atoms with Crippen molar-refractivity contribution in [1.82, 2.24) is 5.32 Å². The Bertz CT molecular complexity index is 1840. The smallest absolute Gasteiger partial charge is 0.335 e. The molecule has 7 rings (SSSR count). The molecule has 5 aliphatic carbocycles. The molecule has 0 saturated heterocycles. The van der Waals surface area contributed by atoms with Gasteiger partial charge in [0, 0.05) is 19.3 Å². The molecule has 0 amide bonds. The van der Waals surface area contributed by atoms with Gasteiger partial charge < -0.3 is 10.4 Å². The summed E-state index contributed by atoms with van der Waals surface area (Å²) in [4.78, 5) is 11.9. The van der Waals surface area contributed by atoms with Crippen molar-refractivity contribution in [3.05, 3.63) is 83.4 Å². The van der Waals surface area contributed by atoms with E-state index in [2.05, 4.69) is 59.5 Å². The van der Waals surface area contributed by atoms with E-state index in [0.717, 1.165) is 25.1 Å². The summed E-state index contributed by atoms with van der Waals surface area (Å²) in [5.41, 5.74) is 6.46. The molecule has 0 spiro atoms. The van der Waals surface area contributed by atoms with Crippen molar-refractivity contribution in [3.63, 3.8) is 0 Å². The van der Waals surface area contributed by atoms with Crippen LogP contribution in [-0.4, -0.2) is 32.3 Å². The van der Waals surface area contributed by atoms with E-state index in [4.69, 9.17) is 0 Å². The van der Waals surface area contributed by atoms with Crippen molar-refractivity contribution in [2.24, 2.45) is 56.7 Å². The van der Waals surface area contributed by atoms with Gasteiger partial charge in [0.05, 0.1) is 10.5 Å². The van der Waals surface area contributed by atoms with Crippen LogP contribution in [-0.2, 0) is 16.4 Å². The van der Waals surface area contributed by atoms with E-state index in [0.29, 0.717) is 40.0 Å². The number of carbonyl (C=O) groups is 1. The van der Waals surface area contributed by atoms with Crippen LogP contribution in [0.3, 0.4) is 0 Å². The molecule has 9 atom stereocenters. The van der Waals surface area contributed by atoms with Crippen LogP contribution in [0.25, 0.3) is 5.57 Å². The standard InChI is InChI=1S/C45H61NO4S/c1-29(2)34-19-24-45(28-46-27-30-9-15-33(16-10-30)51(8,49)50)26-25-43(6)36(39(34)45)17-18-38-42(5)22-20-35(31-11-13-32(14-12-31)40(47)48)41(3,4)37(42)21-23-44(38,43)7/h9-16,20,34,36-39,46H,1,17-19,21-28H2,2-8H3,(H,47,48)/t34-,36+,37-,38+,39+,42-,43+,44+,45+/m0/s1. The second-order valence-corrected chi connectivity index (χ2v) is 21.0. The van der Waals surface area contributed by atoms with Crippen LogP contribution in [0.1, 0.15) is 121 Å². The lowest BCUT2D eigenvalue weighted by Gasteiger charge is -2.72. The minimum absolute atomic E-state index is 0.00578. The molecule has 276 valence electrons. The molecule has 0 radical (unpaired) electrons. The second kappa shape index (κ2) is 12.4. The Morgan fingerprint density at radius 3 is 2.18 bits per heavy atom. The van der Waals surface area contributed by atoms with Crippen LogP contribution >= 0.6 is 0 Å². The number of fused-ring (bicyclic) bond motifs is 7. The fourth-order valence-corrected chi connectivity index (χ4v) is 14.4. The van der Waals surface area contributed by atoms with Gasteiger partial charge in [-0.25, -0.2) is 13.2 Å². The molecule has 2 N–H and O–H groups in total.